The molecule has 1 atom stereocenters. The number of hydrogen-bond acceptors (Lipinski definition) is 3. The molecule has 0 aliphatic carbocycles. The molecule has 1 saturated heterocycles. The molecule has 0 bridgehead atoms. The molecular formula is C17H25N3O2. The standard InChI is InChI=1S/C17H25N3O2/c1-12(2)17(22)20(3)11-13-4-6-14(7-5-13)16(21)19-15-8-9-18-10-15/h4-7,12,15,18H,8-11H2,1-3H3,(H,19,21). The molecule has 5 heteroatoms. The van der Waals surface area contributed by atoms with Crippen LogP contribution < -0.4 is 10.6 Å². The van der Waals surface area contributed by atoms with Crippen LogP contribution in [0.3, 0.4) is 0 Å². The van der Waals surface area contributed by atoms with Gasteiger partial charge in [-0.25, -0.2) is 0 Å². The Labute approximate surface area is 132 Å². The van der Waals surface area contributed by atoms with Crippen molar-refractivity contribution in [1.29, 1.82) is 0 Å². The molecule has 0 spiro atoms. The van der Waals surface area contributed by atoms with Gasteiger partial charge in [0, 0.05) is 37.7 Å². The topological polar surface area (TPSA) is 61.4 Å². The molecule has 2 rings (SSSR count). The molecule has 1 aromatic rings. The summed E-state index contributed by atoms with van der Waals surface area (Å²) >= 11 is 0. The molecule has 0 radical (unpaired) electrons. The van der Waals surface area contributed by atoms with E-state index in [2.05, 4.69) is 10.6 Å². The highest BCUT2D eigenvalue weighted by Gasteiger charge is 2.17. The Balaban J connectivity index is 1.92. The highest BCUT2D eigenvalue weighted by molar-refractivity contribution is 5.94. The van der Waals surface area contributed by atoms with Crippen molar-refractivity contribution in [3.05, 3.63) is 35.4 Å². The summed E-state index contributed by atoms with van der Waals surface area (Å²) in [5.41, 5.74) is 1.68. The third-order valence-electron chi connectivity index (χ3n) is 3.90. The molecule has 1 aliphatic rings. The fourth-order valence-corrected chi connectivity index (χ4v) is 2.60. The molecule has 5 nitrogen and oxygen atoms in total. The minimum absolute atomic E-state index is 0.00456. The summed E-state index contributed by atoms with van der Waals surface area (Å²) in [6.07, 6.45) is 0.978. The first-order valence-electron chi connectivity index (χ1n) is 7.83. The van der Waals surface area contributed by atoms with E-state index in [1.807, 2.05) is 38.1 Å². The predicted octanol–water partition coefficient (Wildman–Crippen LogP) is 1.39. The van der Waals surface area contributed by atoms with Gasteiger partial charge in [0.1, 0.15) is 0 Å². The van der Waals surface area contributed by atoms with Gasteiger partial charge in [0.05, 0.1) is 0 Å². The lowest BCUT2D eigenvalue weighted by Gasteiger charge is -2.19. The monoisotopic (exact) mass is 303 g/mol. The third kappa shape index (κ3) is 4.31. The maximum atomic E-state index is 12.1. The first-order chi connectivity index (χ1) is 10.5. The van der Waals surface area contributed by atoms with E-state index < -0.39 is 0 Å². The maximum absolute atomic E-state index is 12.1. The Kier molecular flexibility index (Phi) is 5.55. The van der Waals surface area contributed by atoms with Gasteiger partial charge in [0.2, 0.25) is 5.91 Å². The second-order valence-corrected chi connectivity index (χ2v) is 6.21. The lowest BCUT2D eigenvalue weighted by molar-refractivity contribution is -0.133. The van der Waals surface area contributed by atoms with Crippen molar-refractivity contribution in [2.24, 2.45) is 5.92 Å². The van der Waals surface area contributed by atoms with Gasteiger partial charge in [-0.1, -0.05) is 26.0 Å². The zero-order chi connectivity index (χ0) is 16.1. The fraction of sp³-hybridized carbons (Fsp3) is 0.529. The van der Waals surface area contributed by atoms with Crippen molar-refractivity contribution in [3.8, 4) is 0 Å². The van der Waals surface area contributed by atoms with Gasteiger partial charge in [-0.2, -0.15) is 0 Å². The van der Waals surface area contributed by atoms with E-state index in [0.717, 1.165) is 25.1 Å². The summed E-state index contributed by atoms with van der Waals surface area (Å²) in [4.78, 5) is 25.7. The van der Waals surface area contributed by atoms with Crippen LogP contribution in [0.1, 0.15) is 36.2 Å². The van der Waals surface area contributed by atoms with Gasteiger partial charge < -0.3 is 15.5 Å². The Morgan fingerprint density at radius 3 is 2.55 bits per heavy atom. The van der Waals surface area contributed by atoms with E-state index in [9.17, 15) is 9.59 Å². The van der Waals surface area contributed by atoms with E-state index in [0.29, 0.717) is 12.1 Å². The van der Waals surface area contributed by atoms with Crippen molar-refractivity contribution in [1.82, 2.24) is 15.5 Å². The van der Waals surface area contributed by atoms with Crippen LogP contribution in [-0.2, 0) is 11.3 Å². The number of carbonyl (C=O) groups is 2. The van der Waals surface area contributed by atoms with Gasteiger partial charge in [0.25, 0.3) is 5.91 Å². The smallest absolute Gasteiger partial charge is 0.251 e. The van der Waals surface area contributed by atoms with E-state index in [4.69, 9.17) is 0 Å². The minimum Gasteiger partial charge on any atom is -0.348 e. The molecule has 1 heterocycles. The van der Waals surface area contributed by atoms with Crippen LogP contribution in [-0.4, -0.2) is 42.9 Å². The van der Waals surface area contributed by atoms with E-state index in [1.165, 1.54) is 0 Å². The maximum Gasteiger partial charge on any atom is 0.251 e. The first kappa shape index (κ1) is 16.5. The molecule has 22 heavy (non-hydrogen) atoms. The van der Waals surface area contributed by atoms with Crippen molar-refractivity contribution >= 4 is 11.8 Å². The number of hydrogen-bond donors (Lipinski definition) is 2. The van der Waals surface area contributed by atoms with Crippen LogP contribution in [0.5, 0.6) is 0 Å². The molecule has 1 fully saturated rings. The Hall–Kier alpha value is -1.88. The van der Waals surface area contributed by atoms with Crippen LogP contribution in [0.4, 0.5) is 0 Å². The highest BCUT2D eigenvalue weighted by Crippen LogP contribution is 2.10. The number of nitrogens with one attached hydrogen (secondary N) is 2. The van der Waals surface area contributed by atoms with Crippen LogP contribution in [0, 0.1) is 5.92 Å². The third-order valence-corrected chi connectivity index (χ3v) is 3.90. The lowest BCUT2D eigenvalue weighted by atomic mass is 10.1. The molecule has 1 aliphatic heterocycles. The van der Waals surface area contributed by atoms with Crippen LogP contribution in [0.25, 0.3) is 0 Å². The van der Waals surface area contributed by atoms with Gasteiger partial charge in [-0.3, -0.25) is 9.59 Å². The minimum atomic E-state index is -0.0353. The number of nitrogens with zero attached hydrogens (tertiary/aromatic N) is 1. The average molecular weight is 303 g/mol. The largest absolute Gasteiger partial charge is 0.348 e. The lowest BCUT2D eigenvalue weighted by Crippen LogP contribution is -2.36. The molecule has 1 aromatic carbocycles. The summed E-state index contributed by atoms with van der Waals surface area (Å²) in [5.74, 6) is 0.0810. The molecular weight excluding hydrogens is 278 g/mol. The van der Waals surface area contributed by atoms with Crippen molar-refractivity contribution in [2.45, 2.75) is 32.9 Å². The number of rotatable bonds is 5. The molecule has 2 amide bonds. The van der Waals surface area contributed by atoms with Crippen molar-refractivity contribution in [3.63, 3.8) is 0 Å². The molecule has 120 valence electrons. The van der Waals surface area contributed by atoms with Crippen molar-refractivity contribution in [2.75, 3.05) is 20.1 Å². The summed E-state index contributed by atoms with van der Waals surface area (Å²) in [7, 11) is 1.80. The van der Waals surface area contributed by atoms with E-state index >= 15 is 0 Å². The van der Waals surface area contributed by atoms with E-state index in [-0.39, 0.29) is 23.8 Å². The Bertz CT molecular complexity index is 519. The zero-order valence-corrected chi connectivity index (χ0v) is 13.6. The van der Waals surface area contributed by atoms with Gasteiger partial charge in [-0.15, -0.1) is 0 Å². The summed E-state index contributed by atoms with van der Waals surface area (Å²) in [6.45, 7) is 6.14. The second-order valence-electron chi connectivity index (χ2n) is 6.21. The molecule has 2 N–H and O–H groups in total. The quantitative estimate of drug-likeness (QED) is 0.864. The average Bonchev–Trinajstić information content (AvgIpc) is 2.99. The fourth-order valence-electron chi connectivity index (χ4n) is 2.60. The van der Waals surface area contributed by atoms with Crippen LogP contribution in [0.2, 0.25) is 0 Å². The number of amides is 2. The normalized spacial score (nSPS) is 17.5. The summed E-state index contributed by atoms with van der Waals surface area (Å²) in [5, 5.41) is 6.25. The number of benzene rings is 1. The second kappa shape index (κ2) is 7.40. The van der Waals surface area contributed by atoms with Crippen molar-refractivity contribution < 1.29 is 9.59 Å². The van der Waals surface area contributed by atoms with Gasteiger partial charge in [0.15, 0.2) is 0 Å². The van der Waals surface area contributed by atoms with E-state index in [1.54, 1.807) is 11.9 Å². The molecule has 0 saturated carbocycles. The molecule has 0 aromatic heterocycles. The predicted molar refractivity (Wildman–Crippen MR) is 86.5 cm³/mol. The summed E-state index contributed by atoms with van der Waals surface area (Å²) < 4.78 is 0. The Morgan fingerprint density at radius 2 is 2.00 bits per heavy atom. The highest BCUT2D eigenvalue weighted by atomic mass is 16.2. The Morgan fingerprint density at radius 1 is 1.32 bits per heavy atom. The van der Waals surface area contributed by atoms with Gasteiger partial charge in [-0.05, 0) is 30.7 Å². The van der Waals surface area contributed by atoms with Crippen LogP contribution in [0.15, 0.2) is 24.3 Å². The summed E-state index contributed by atoms with van der Waals surface area (Å²) in [6, 6.07) is 7.68. The zero-order valence-electron chi connectivity index (χ0n) is 13.6. The van der Waals surface area contributed by atoms with Gasteiger partial charge >= 0.3 is 0 Å². The van der Waals surface area contributed by atoms with Crippen LogP contribution >= 0.6 is 0 Å². The number of carbonyl (C=O) groups excluding carboxylic acids is 2. The SMILES string of the molecule is CC(C)C(=O)N(C)Cc1ccc(C(=O)NC2CCNC2)cc1. The molecule has 1 unspecified atom stereocenters. The first-order valence-corrected chi connectivity index (χ1v) is 7.83.